The van der Waals surface area contributed by atoms with Crippen LogP contribution in [0.2, 0.25) is 0 Å². The van der Waals surface area contributed by atoms with Crippen LogP contribution < -0.4 is 0 Å². The SMILES string of the molecule is c1nnc(C2CCOCC2)s1. The van der Waals surface area contributed by atoms with Gasteiger partial charge in [-0.15, -0.1) is 21.5 Å². The molecule has 1 aliphatic heterocycles. The predicted molar refractivity (Wildman–Crippen MR) is 42.7 cm³/mol. The first-order valence-corrected chi connectivity index (χ1v) is 4.68. The first-order valence-electron chi connectivity index (χ1n) is 3.80. The molecule has 2 heterocycles. The second kappa shape index (κ2) is 3.28. The summed E-state index contributed by atoms with van der Waals surface area (Å²) in [7, 11) is 0. The standard InChI is InChI=1S/C7H10N2OS/c1-3-10-4-2-6(1)7-9-8-5-11-7/h5-6H,1-4H2. The van der Waals surface area contributed by atoms with E-state index in [2.05, 4.69) is 10.2 Å². The van der Waals surface area contributed by atoms with Gasteiger partial charge in [0.25, 0.3) is 0 Å². The third-order valence-corrected chi connectivity index (χ3v) is 2.80. The van der Waals surface area contributed by atoms with E-state index in [-0.39, 0.29) is 0 Å². The minimum absolute atomic E-state index is 0.608. The van der Waals surface area contributed by atoms with Gasteiger partial charge in [0.2, 0.25) is 0 Å². The normalized spacial score (nSPS) is 20.4. The molecule has 0 saturated carbocycles. The van der Waals surface area contributed by atoms with E-state index in [4.69, 9.17) is 4.74 Å². The largest absolute Gasteiger partial charge is 0.381 e. The molecule has 0 radical (unpaired) electrons. The second-order valence-electron chi connectivity index (χ2n) is 2.66. The summed E-state index contributed by atoms with van der Waals surface area (Å²) in [5, 5.41) is 9.05. The summed E-state index contributed by atoms with van der Waals surface area (Å²) in [6.45, 7) is 1.76. The molecule has 0 spiro atoms. The van der Waals surface area contributed by atoms with Gasteiger partial charge < -0.3 is 4.74 Å². The lowest BCUT2D eigenvalue weighted by atomic mass is 10.0. The molecule has 1 fully saturated rings. The quantitative estimate of drug-likeness (QED) is 0.639. The van der Waals surface area contributed by atoms with Gasteiger partial charge in [-0.2, -0.15) is 0 Å². The molecule has 1 saturated heterocycles. The van der Waals surface area contributed by atoms with Crippen molar-refractivity contribution < 1.29 is 4.74 Å². The molecule has 0 N–H and O–H groups in total. The van der Waals surface area contributed by atoms with Crippen molar-refractivity contribution in [1.29, 1.82) is 0 Å². The first-order chi connectivity index (χ1) is 5.47. The van der Waals surface area contributed by atoms with Crippen molar-refractivity contribution in [3.05, 3.63) is 10.5 Å². The summed E-state index contributed by atoms with van der Waals surface area (Å²) in [4.78, 5) is 0. The van der Waals surface area contributed by atoms with E-state index in [1.807, 2.05) is 0 Å². The van der Waals surface area contributed by atoms with Crippen molar-refractivity contribution in [3.63, 3.8) is 0 Å². The van der Waals surface area contributed by atoms with Crippen molar-refractivity contribution in [2.24, 2.45) is 0 Å². The summed E-state index contributed by atoms with van der Waals surface area (Å²) in [6.07, 6.45) is 2.21. The van der Waals surface area contributed by atoms with Gasteiger partial charge in [0.15, 0.2) is 0 Å². The molecule has 1 aliphatic rings. The predicted octanol–water partition coefficient (Wildman–Crippen LogP) is 1.43. The summed E-state index contributed by atoms with van der Waals surface area (Å²) >= 11 is 1.65. The number of rotatable bonds is 1. The van der Waals surface area contributed by atoms with Crippen LogP contribution in [0.3, 0.4) is 0 Å². The molecule has 0 atom stereocenters. The van der Waals surface area contributed by atoms with E-state index in [1.165, 1.54) is 5.01 Å². The highest BCUT2D eigenvalue weighted by molar-refractivity contribution is 7.09. The minimum Gasteiger partial charge on any atom is -0.381 e. The Kier molecular flexibility index (Phi) is 2.14. The lowest BCUT2D eigenvalue weighted by molar-refractivity contribution is 0.0851. The fraction of sp³-hybridized carbons (Fsp3) is 0.714. The smallest absolute Gasteiger partial charge is 0.120 e. The Morgan fingerprint density at radius 3 is 2.91 bits per heavy atom. The van der Waals surface area contributed by atoms with Crippen LogP contribution in [-0.2, 0) is 4.74 Å². The topological polar surface area (TPSA) is 35.0 Å². The maximum atomic E-state index is 5.25. The van der Waals surface area contributed by atoms with Crippen LogP contribution in [0.1, 0.15) is 23.8 Å². The summed E-state index contributed by atoms with van der Waals surface area (Å²) in [5.41, 5.74) is 1.80. The molecule has 0 amide bonds. The molecule has 1 aromatic rings. The summed E-state index contributed by atoms with van der Waals surface area (Å²) in [5.74, 6) is 0.608. The maximum absolute atomic E-state index is 5.25. The molecule has 0 bridgehead atoms. The van der Waals surface area contributed by atoms with E-state index in [0.717, 1.165) is 26.1 Å². The molecule has 0 unspecified atom stereocenters. The Labute approximate surface area is 69.4 Å². The Morgan fingerprint density at radius 2 is 2.27 bits per heavy atom. The van der Waals surface area contributed by atoms with Crippen LogP contribution in [0.25, 0.3) is 0 Å². The molecular weight excluding hydrogens is 160 g/mol. The van der Waals surface area contributed by atoms with Crippen LogP contribution in [0.5, 0.6) is 0 Å². The van der Waals surface area contributed by atoms with Crippen molar-refractivity contribution in [3.8, 4) is 0 Å². The van der Waals surface area contributed by atoms with Gasteiger partial charge in [0.05, 0.1) is 0 Å². The molecule has 2 rings (SSSR count). The van der Waals surface area contributed by atoms with E-state index in [9.17, 15) is 0 Å². The minimum atomic E-state index is 0.608. The molecule has 11 heavy (non-hydrogen) atoms. The van der Waals surface area contributed by atoms with E-state index in [0.29, 0.717) is 5.92 Å². The fourth-order valence-corrected chi connectivity index (χ4v) is 2.03. The van der Waals surface area contributed by atoms with Gasteiger partial charge >= 0.3 is 0 Å². The van der Waals surface area contributed by atoms with Crippen molar-refractivity contribution >= 4 is 11.3 Å². The fourth-order valence-electron chi connectivity index (χ4n) is 1.30. The molecule has 4 heteroatoms. The lowest BCUT2D eigenvalue weighted by Crippen LogP contribution is -2.13. The van der Waals surface area contributed by atoms with E-state index in [1.54, 1.807) is 16.8 Å². The van der Waals surface area contributed by atoms with Gasteiger partial charge in [-0.3, -0.25) is 0 Å². The first kappa shape index (κ1) is 7.18. The van der Waals surface area contributed by atoms with Gasteiger partial charge in [-0.1, -0.05) is 0 Å². The number of hydrogen-bond donors (Lipinski definition) is 0. The maximum Gasteiger partial charge on any atom is 0.120 e. The third kappa shape index (κ3) is 1.57. The Balaban J connectivity index is 2.04. The average molecular weight is 170 g/mol. The molecule has 1 aromatic heterocycles. The van der Waals surface area contributed by atoms with Crippen LogP contribution in [0.4, 0.5) is 0 Å². The van der Waals surface area contributed by atoms with E-state index >= 15 is 0 Å². The highest BCUT2D eigenvalue weighted by Crippen LogP contribution is 2.26. The Morgan fingerprint density at radius 1 is 1.45 bits per heavy atom. The van der Waals surface area contributed by atoms with Crippen LogP contribution in [0, 0.1) is 0 Å². The highest BCUT2D eigenvalue weighted by Gasteiger charge is 2.17. The summed E-state index contributed by atoms with van der Waals surface area (Å²) < 4.78 is 5.25. The van der Waals surface area contributed by atoms with Crippen molar-refractivity contribution in [2.45, 2.75) is 18.8 Å². The summed E-state index contributed by atoms with van der Waals surface area (Å²) in [6, 6.07) is 0. The van der Waals surface area contributed by atoms with Gasteiger partial charge in [-0.25, -0.2) is 0 Å². The Hall–Kier alpha value is -0.480. The zero-order valence-electron chi connectivity index (χ0n) is 6.19. The molecule has 0 aromatic carbocycles. The van der Waals surface area contributed by atoms with Crippen molar-refractivity contribution in [2.75, 3.05) is 13.2 Å². The number of hydrogen-bond acceptors (Lipinski definition) is 4. The van der Waals surface area contributed by atoms with Gasteiger partial charge in [0, 0.05) is 19.1 Å². The average Bonchev–Trinajstić information content (AvgIpc) is 2.58. The number of ether oxygens (including phenoxy) is 1. The van der Waals surface area contributed by atoms with Crippen LogP contribution in [-0.4, -0.2) is 23.4 Å². The zero-order chi connectivity index (χ0) is 7.52. The zero-order valence-corrected chi connectivity index (χ0v) is 7.01. The molecular formula is C7H10N2OS. The highest BCUT2D eigenvalue weighted by atomic mass is 32.1. The number of aromatic nitrogens is 2. The lowest BCUT2D eigenvalue weighted by Gasteiger charge is -2.18. The Bertz CT molecular complexity index is 206. The van der Waals surface area contributed by atoms with E-state index < -0.39 is 0 Å². The van der Waals surface area contributed by atoms with Crippen molar-refractivity contribution in [1.82, 2.24) is 10.2 Å². The third-order valence-electron chi connectivity index (χ3n) is 1.95. The molecule has 0 aliphatic carbocycles. The van der Waals surface area contributed by atoms with Crippen LogP contribution >= 0.6 is 11.3 Å². The van der Waals surface area contributed by atoms with Crippen LogP contribution in [0.15, 0.2) is 5.51 Å². The second-order valence-corrected chi connectivity index (χ2v) is 3.53. The molecule has 3 nitrogen and oxygen atoms in total. The molecule has 60 valence electrons. The monoisotopic (exact) mass is 170 g/mol. The number of nitrogens with zero attached hydrogens (tertiary/aromatic N) is 2. The van der Waals surface area contributed by atoms with Gasteiger partial charge in [-0.05, 0) is 12.8 Å². The van der Waals surface area contributed by atoms with Gasteiger partial charge in [0.1, 0.15) is 10.5 Å².